The third kappa shape index (κ3) is 1.83. The van der Waals surface area contributed by atoms with E-state index < -0.39 is 0 Å². The summed E-state index contributed by atoms with van der Waals surface area (Å²) < 4.78 is 0. The van der Waals surface area contributed by atoms with Gasteiger partial charge in [0, 0.05) is 35.1 Å². The average Bonchev–Trinajstić information content (AvgIpc) is 3.22. The van der Waals surface area contributed by atoms with Gasteiger partial charge in [0.05, 0.1) is 29.1 Å². The number of aromatic nitrogens is 5. The summed E-state index contributed by atoms with van der Waals surface area (Å²) in [5, 5.41) is 16.9. The van der Waals surface area contributed by atoms with E-state index >= 15 is 0 Å². The Morgan fingerprint density at radius 1 is 1.08 bits per heavy atom. The maximum Gasteiger partial charge on any atom is 0.0791 e. The monoisotopic (exact) mass is 318 g/mol. The Bertz CT molecular complexity index is 1070. The zero-order valence-corrected chi connectivity index (χ0v) is 13.7. The minimum absolute atomic E-state index is 0.909. The fourth-order valence-electron chi connectivity index (χ4n) is 3.81. The average molecular weight is 318 g/mol. The van der Waals surface area contributed by atoms with Crippen LogP contribution in [0, 0.1) is 6.92 Å². The van der Waals surface area contributed by atoms with Crippen LogP contribution in [0.15, 0.2) is 24.5 Å². The first-order chi connectivity index (χ1) is 11.7. The molecule has 0 unspecified atom stereocenters. The molecule has 4 heterocycles. The third-order valence-electron chi connectivity index (χ3n) is 5.04. The molecule has 0 radical (unpaired) electrons. The largest absolute Gasteiger partial charge is 0.302 e. The Labute approximate surface area is 138 Å². The molecule has 0 amide bonds. The maximum atomic E-state index is 5.03. The van der Waals surface area contributed by atoms with Crippen LogP contribution in [-0.4, -0.2) is 43.9 Å². The minimum atomic E-state index is 0.909. The van der Waals surface area contributed by atoms with Crippen molar-refractivity contribution in [3.05, 3.63) is 41.3 Å². The van der Waals surface area contributed by atoms with Crippen molar-refractivity contribution in [3.63, 3.8) is 0 Å². The van der Waals surface area contributed by atoms with Crippen molar-refractivity contribution < 1.29 is 0 Å². The Morgan fingerprint density at radius 2 is 1.96 bits per heavy atom. The first kappa shape index (κ1) is 13.7. The summed E-state index contributed by atoms with van der Waals surface area (Å²) in [6.45, 7) is 4.02. The lowest BCUT2D eigenvalue weighted by atomic mass is 9.91. The molecular weight excluding hydrogens is 300 g/mol. The van der Waals surface area contributed by atoms with E-state index in [-0.39, 0.29) is 0 Å². The Morgan fingerprint density at radius 3 is 2.79 bits per heavy atom. The molecule has 1 aliphatic rings. The van der Waals surface area contributed by atoms with E-state index in [9.17, 15) is 0 Å². The molecule has 0 fully saturated rings. The fourth-order valence-corrected chi connectivity index (χ4v) is 3.81. The van der Waals surface area contributed by atoms with Crippen molar-refractivity contribution >= 4 is 21.8 Å². The molecule has 0 saturated heterocycles. The topological polar surface area (TPSA) is 73.5 Å². The van der Waals surface area contributed by atoms with E-state index in [0.29, 0.717) is 0 Å². The predicted octanol–water partition coefficient (Wildman–Crippen LogP) is 2.80. The van der Waals surface area contributed by atoms with Gasteiger partial charge >= 0.3 is 0 Å². The van der Waals surface area contributed by atoms with E-state index in [1.54, 1.807) is 0 Å². The second-order valence-electron chi connectivity index (χ2n) is 6.60. The molecule has 120 valence electrons. The van der Waals surface area contributed by atoms with Gasteiger partial charge in [-0.25, -0.2) is 4.98 Å². The summed E-state index contributed by atoms with van der Waals surface area (Å²) in [5.74, 6) is 0. The highest BCUT2D eigenvalue weighted by Gasteiger charge is 2.24. The number of benzene rings is 1. The highest BCUT2D eigenvalue weighted by Crippen LogP contribution is 2.37. The maximum absolute atomic E-state index is 5.03. The molecule has 6 nitrogen and oxygen atoms in total. The van der Waals surface area contributed by atoms with Crippen molar-refractivity contribution in [2.45, 2.75) is 19.9 Å². The lowest BCUT2D eigenvalue weighted by Crippen LogP contribution is -2.27. The summed E-state index contributed by atoms with van der Waals surface area (Å²) in [6.07, 6.45) is 4.83. The standard InChI is InChI=1S/C18H18N6/c1-10-12(7-19-22-10)18-14-9-24(2)6-5-11(14)17-13-8-20-23-15(13)3-4-16(17)21-18/h3-4,7-8H,5-6,9H2,1-2H3,(H,19,22)(H,20,23). The Kier molecular flexibility index (Phi) is 2.78. The molecule has 5 rings (SSSR count). The number of hydrogen-bond acceptors (Lipinski definition) is 4. The number of hydrogen-bond donors (Lipinski definition) is 2. The van der Waals surface area contributed by atoms with Crippen LogP contribution in [-0.2, 0) is 13.0 Å². The lowest BCUT2D eigenvalue weighted by molar-refractivity contribution is 0.314. The summed E-state index contributed by atoms with van der Waals surface area (Å²) in [6, 6.07) is 4.15. The zero-order valence-electron chi connectivity index (χ0n) is 13.7. The van der Waals surface area contributed by atoms with E-state index in [0.717, 1.165) is 52.9 Å². The number of nitrogens with zero attached hydrogens (tertiary/aromatic N) is 4. The van der Waals surface area contributed by atoms with Gasteiger partial charge in [0.2, 0.25) is 0 Å². The van der Waals surface area contributed by atoms with Gasteiger partial charge in [-0.1, -0.05) is 0 Å². The molecule has 0 bridgehead atoms. The number of likely N-dealkylation sites (N-methyl/N-ethyl adjacent to an activating group) is 1. The summed E-state index contributed by atoms with van der Waals surface area (Å²) in [7, 11) is 2.16. The van der Waals surface area contributed by atoms with Crippen LogP contribution in [0.2, 0.25) is 0 Å². The van der Waals surface area contributed by atoms with Gasteiger partial charge in [-0.3, -0.25) is 10.2 Å². The van der Waals surface area contributed by atoms with Crippen LogP contribution in [0.25, 0.3) is 33.1 Å². The normalized spacial score (nSPS) is 15.2. The number of nitrogens with one attached hydrogen (secondary N) is 2. The van der Waals surface area contributed by atoms with Gasteiger partial charge in [0.25, 0.3) is 0 Å². The molecular formula is C18H18N6. The second kappa shape index (κ2) is 4.88. The van der Waals surface area contributed by atoms with Gasteiger partial charge in [0.15, 0.2) is 0 Å². The summed E-state index contributed by atoms with van der Waals surface area (Å²) in [4.78, 5) is 7.38. The molecule has 1 aliphatic heterocycles. The second-order valence-corrected chi connectivity index (χ2v) is 6.60. The first-order valence-corrected chi connectivity index (χ1v) is 8.19. The van der Waals surface area contributed by atoms with Gasteiger partial charge in [0.1, 0.15) is 0 Å². The first-order valence-electron chi connectivity index (χ1n) is 8.19. The Balaban J connectivity index is 1.93. The summed E-state index contributed by atoms with van der Waals surface area (Å²) in [5.41, 5.74) is 8.02. The molecule has 1 aromatic carbocycles. The van der Waals surface area contributed by atoms with Crippen LogP contribution in [0.4, 0.5) is 0 Å². The van der Waals surface area contributed by atoms with Crippen LogP contribution < -0.4 is 0 Å². The third-order valence-corrected chi connectivity index (χ3v) is 5.04. The number of fused-ring (bicyclic) bond motifs is 5. The van der Waals surface area contributed by atoms with E-state index in [4.69, 9.17) is 4.98 Å². The van der Waals surface area contributed by atoms with Crippen molar-refractivity contribution in [2.24, 2.45) is 0 Å². The quantitative estimate of drug-likeness (QED) is 0.566. The van der Waals surface area contributed by atoms with Crippen molar-refractivity contribution in [2.75, 3.05) is 13.6 Å². The highest BCUT2D eigenvalue weighted by atomic mass is 15.1. The van der Waals surface area contributed by atoms with Gasteiger partial charge in [-0.2, -0.15) is 10.2 Å². The molecule has 24 heavy (non-hydrogen) atoms. The predicted molar refractivity (Wildman–Crippen MR) is 93.8 cm³/mol. The molecule has 3 aromatic heterocycles. The van der Waals surface area contributed by atoms with Crippen LogP contribution >= 0.6 is 0 Å². The number of aromatic amines is 2. The molecule has 0 aliphatic carbocycles. The van der Waals surface area contributed by atoms with Crippen molar-refractivity contribution in [1.29, 1.82) is 0 Å². The number of pyridine rings is 1. The molecule has 2 N–H and O–H groups in total. The van der Waals surface area contributed by atoms with E-state index in [1.807, 2.05) is 19.3 Å². The van der Waals surface area contributed by atoms with Crippen molar-refractivity contribution in [3.8, 4) is 11.3 Å². The van der Waals surface area contributed by atoms with E-state index in [1.165, 1.54) is 16.5 Å². The molecule has 0 atom stereocenters. The smallest absolute Gasteiger partial charge is 0.0791 e. The van der Waals surface area contributed by atoms with Gasteiger partial charge < -0.3 is 4.90 Å². The number of H-pyrrole nitrogens is 2. The van der Waals surface area contributed by atoms with Gasteiger partial charge in [-0.15, -0.1) is 0 Å². The minimum Gasteiger partial charge on any atom is -0.302 e. The SMILES string of the molecule is Cc1[nH]ncc1-c1nc2ccc3[nH]ncc3c2c2c1CN(C)CC2. The molecule has 4 aromatic rings. The van der Waals surface area contributed by atoms with Crippen LogP contribution in [0.1, 0.15) is 16.8 Å². The zero-order chi connectivity index (χ0) is 16.3. The van der Waals surface area contributed by atoms with Gasteiger partial charge in [-0.05, 0) is 43.7 Å². The van der Waals surface area contributed by atoms with E-state index in [2.05, 4.69) is 44.5 Å². The lowest BCUT2D eigenvalue weighted by Gasteiger charge is -2.28. The molecule has 6 heteroatoms. The fraction of sp³-hybridized carbons (Fsp3) is 0.278. The van der Waals surface area contributed by atoms with Crippen molar-refractivity contribution in [1.82, 2.24) is 30.3 Å². The molecule has 0 spiro atoms. The molecule has 0 saturated carbocycles. The summed E-state index contributed by atoms with van der Waals surface area (Å²) >= 11 is 0. The number of rotatable bonds is 1. The highest BCUT2D eigenvalue weighted by molar-refractivity contribution is 6.07. The van der Waals surface area contributed by atoms with Crippen LogP contribution in [0.5, 0.6) is 0 Å². The number of aryl methyl sites for hydroxylation is 1. The van der Waals surface area contributed by atoms with Crippen LogP contribution in [0.3, 0.4) is 0 Å². The Hall–Kier alpha value is -2.73.